The lowest BCUT2D eigenvalue weighted by atomic mass is 9.94. The Hall–Kier alpha value is -1.91. The molecule has 3 rings (SSSR count). The van der Waals surface area contributed by atoms with Crippen LogP contribution in [0.25, 0.3) is 0 Å². The maximum atomic E-state index is 14.2. The lowest BCUT2D eigenvalue weighted by Gasteiger charge is -2.20. The fourth-order valence-corrected chi connectivity index (χ4v) is 3.13. The summed E-state index contributed by atoms with van der Waals surface area (Å²) in [5, 5.41) is 3.59. The summed E-state index contributed by atoms with van der Waals surface area (Å²) in [5.74, 6) is 0.00789. The summed E-state index contributed by atoms with van der Waals surface area (Å²) >= 11 is 0. The van der Waals surface area contributed by atoms with Gasteiger partial charge >= 0.3 is 0 Å². The molecule has 3 nitrogen and oxygen atoms in total. The summed E-state index contributed by atoms with van der Waals surface area (Å²) in [7, 11) is 0. The van der Waals surface area contributed by atoms with Crippen molar-refractivity contribution in [2.75, 3.05) is 19.7 Å². The number of nitrogens with one attached hydrogen (secondary N) is 1. The van der Waals surface area contributed by atoms with Crippen LogP contribution in [0.3, 0.4) is 0 Å². The van der Waals surface area contributed by atoms with E-state index in [0.29, 0.717) is 18.9 Å². The second-order valence-electron chi connectivity index (χ2n) is 5.92. The van der Waals surface area contributed by atoms with Crippen molar-refractivity contribution >= 4 is 0 Å². The Morgan fingerprint density at radius 2 is 2.04 bits per heavy atom. The Balaban J connectivity index is 1.91. The van der Waals surface area contributed by atoms with E-state index in [0.717, 1.165) is 36.9 Å². The largest absolute Gasteiger partial charge is 0.489 e. The molecule has 1 unspecified atom stereocenters. The van der Waals surface area contributed by atoms with E-state index in [1.54, 1.807) is 6.07 Å². The first kappa shape index (κ1) is 16.0. The van der Waals surface area contributed by atoms with Gasteiger partial charge in [-0.25, -0.2) is 4.39 Å². The third-order valence-electron chi connectivity index (χ3n) is 4.24. The van der Waals surface area contributed by atoms with Gasteiger partial charge in [0.2, 0.25) is 0 Å². The summed E-state index contributed by atoms with van der Waals surface area (Å²) in [6.45, 7) is 1.64. The molecule has 2 aromatic carbocycles. The van der Waals surface area contributed by atoms with Gasteiger partial charge in [0.25, 0.3) is 0 Å². The van der Waals surface area contributed by atoms with Gasteiger partial charge in [-0.2, -0.15) is 0 Å². The van der Waals surface area contributed by atoms with E-state index in [2.05, 4.69) is 17.4 Å². The standard InChI is InChI=1S/C19H23FN2O/c20-17-12-15-7-4-9-22-18(11-14-5-2-1-3-6-14)16(15)13-19(17)23-10-8-21/h1-3,5-6,12-13,18,22H,4,7-11,21H2. The van der Waals surface area contributed by atoms with Crippen molar-refractivity contribution < 1.29 is 9.13 Å². The molecule has 1 aliphatic heterocycles. The van der Waals surface area contributed by atoms with Crippen LogP contribution >= 0.6 is 0 Å². The fourth-order valence-electron chi connectivity index (χ4n) is 3.13. The average molecular weight is 314 g/mol. The highest BCUT2D eigenvalue weighted by molar-refractivity contribution is 5.40. The normalized spacial score (nSPS) is 17.4. The number of hydrogen-bond acceptors (Lipinski definition) is 3. The summed E-state index contributed by atoms with van der Waals surface area (Å²) in [6, 6.07) is 14.0. The lowest BCUT2D eigenvalue weighted by molar-refractivity contribution is 0.310. The van der Waals surface area contributed by atoms with Crippen molar-refractivity contribution in [2.24, 2.45) is 5.73 Å². The maximum absolute atomic E-state index is 14.2. The van der Waals surface area contributed by atoms with E-state index in [1.807, 2.05) is 24.3 Å². The number of nitrogens with two attached hydrogens (primary N) is 1. The molecule has 0 saturated carbocycles. The van der Waals surface area contributed by atoms with Crippen molar-refractivity contribution in [2.45, 2.75) is 25.3 Å². The Morgan fingerprint density at radius 1 is 1.22 bits per heavy atom. The molecule has 0 amide bonds. The molecule has 1 heterocycles. The predicted octanol–water partition coefficient (Wildman–Crippen LogP) is 2.98. The number of rotatable bonds is 5. The van der Waals surface area contributed by atoms with Crippen LogP contribution in [0.2, 0.25) is 0 Å². The first-order chi connectivity index (χ1) is 11.3. The topological polar surface area (TPSA) is 47.3 Å². The first-order valence-electron chi connectivity index (χ1n) is 8.20. The summed E-state index contributed by atoms with van der Waals surface area (Å²) in [5.41, 5.74) is 8.94. The van der Waals surface area contributed by atoms with E-state index in [1.165, 1.54) is 5.56 Å². The van der Waals surface area contributed by atoms with Crippen LogP contribution in [0.15, 0.2) is 42.5 Å². The monoisotopic (exact) mass is 314 g/mol. The quantitative estimate of drug-likeness (QED) is 0.892. The van der Waals surface area contributed by atoms with Crippen molar-refractivity contribution in [3.8, 4) is 5.75 Å². The van der Waals surface area contributed by atoms with Crippen LogP contribution < -0.4 is 15.8 Å². The summed E-state index contributed by atoms with van der Waals surface area (Å²) in [6.07, 6.45) is 2.79. The molecule has 0 bridgehead atoms. The molecule has 4 heteroatoms. The highest BCUT2D eigenvalue weighted by atomic mass is 19.1. The van der Waals surface area contributed by atoms with E-state index in [9.17, 15) is 4.39 Å². The van der Waals surface area contributed by atoms with Gasteiger partial charge in [0.15, 0.2) is 11.6 Å². The fraction of sp³-hybridized carbons (Fsp3) is 0.368. The second-order valence-corrected chi connectivity index (χ2v) is 5.92. The van der Waals surface area contributed by atoms with E-state index < -0.39 is 0 Å². The zero-order valence-corrected chi connectivity index (χ0v) is 13.2. The number of benzene rings is 2. The van der Waals surface area contributed by atoms with E-state index in [4.69, 9.17) is 10.5 Å². The molecule has 0 fully saturated rings. The number of aryl methyl sites for hydroxylation is 1. The molecule has 122 valence electrons. The Bertz CT molecular complexity index is 645. The van der Waals surface area contributed by atoms with Gasteiger partial charge in [0, 0.05) is 12.6 Å². The highest BCUT2D eigenvalue weighted by Crippen LogP contribution is 2.31. The summed E-state index contributed by atoms with van der Waals surface area (Å²) < 4.78 is 19.7. The number of fused-ring (bicyclic) bond motifs is 1. The van der Waals surface area contributed by atoms with E-state index in [-0.39, 0.29) is 11.9 Å². The van der Waals surface area contributed by atoms with Crippen LogP contribution in [-0.2, 0) is 12.8 Å². The molecule has 1 aliphatic rings. The molecule has 0 saturated heterocycles. The van der Waals surface area contributed by atoms with E-state index >= 15 is 0 Å². The zero-order chi connectivity index (χ0) is 16.1. The Kier molecular flexibility index (Phi) is 5.26. The van der Waals surface area contributed by atoms with Gasteiger partial charge in [-0.1, -0.05) is 30.3 Å². The molecule has 0 aromatic heterocycles. The minimum absolute atomic E-state index is 0.177. The van der Waals surface area contributed by atoms with Crippen LogP contribution in [0.1, 0.15) is 29.2 Å². The van der Waals surface area contributed by atoms with Crippen LogP contribution in [0.5, 0.6) is 5.75 Å². The first-order valence-corrected chi connectivity index (χ1v) is 8.20. The minimum Gasteiger partial charge on any atom is -0.489 e. The number of ether oxygens (including phenoxy) is 1. The molecule has 0 spiro atoms. The highest BCUT2D eigenvalue weighted by Gasteiger charge is 2.21. The molecular weight excluding hydrogens is 291 g/mol. The van der Waals surface area contributed by atoms with Crippen molar-refractivity contribution in [3.63, 3.8) is 0 Å². The molecule has 1 atom stereocenters. The molecule has 3 N–H and O–H groups in total. The molecule has 0 aliphatic carbocycles. The van der Waals surface area contributed by atoms with Gasteiger partial charge < -0.3 is 15.8 Å². The predicted molar refractivity (Wildman–Crippen MR) is 90.2 cm³/mol. The third kappa shape index (κ3) is 3.89. The summed E-state index contributed by atoms with van der Waals surface area (Å²) in [4.78, 5) is 0. The SMILES string of the molecule is NCCOc1cc2c(cc1F)CCCNC2Cc1ccccc1. The average Bonchev–Trinajstić information content (AvgIpc) is 2.76. The Morgan fingerprint density at radius 3 is 2.83 bits per heavy atom. The minimum atomic E-state index is -0.294. The van der Waals surface area contributed by atoms with Gasteiger partial charge in [0.05, 0.1) is 0 Å². The van der Waals surface area contributed by atoms with Crippen LogP contribution in [-0.4, -0.2) is 19.7 Å². The molecular formula is C19H23FN2O. The third-order valence-corrected chi connectivity index (χ3v) is 4.24. The van der Waals surface area contributed by atoms with Crippen molar-refractivity contribution in [1.82, 2.24) is 5.32 Å². The Labute approximate surface area is 136 Å². The van der Waals surface area contributed by atoms with Gasteiger partial charge in [0.1, 0.15) is 6.61 Å². The molecule has 0 radical (unpaired) electrons. The van der Waals surface area contributed by atoms with Crippen LogP contribution in [0, 0.1) is 5.82 Å². The van der Waals surface area contributed by atoms with Gasteiger partial charge in [-0.3, -0.25) is 0 Å². The lowest BCUT2D eigenvalue weighted by Crippen LogP contribution is -2.23. The second kappa shape index (κ2) is 7.57. The number of hydrogen-bond donors (Lipinski definition) is 2. The maximum Gasteiger partial charge on any atom is 0.165 e. The van der Waals surface area contributed by atoms with Crippen molar-refractivity contribution in [3.05, 3.63) is 65.0 Å². The molecule has 23 heavy (non-hydrogen) atoms. The van der Waals surface area contributed by atoms with Crippen molar-refractivity contribution in [1.29, 1.82) is 0 Å². The molecule has 2 aromatic rings. The smallest absolute Gasteiger partial charge is 0.165 e. The zero-order valence-electron chi connectivity index (χ0n) is 13.2. The van der Waals surface area contributed by atoms with Gasteiger partial charge in [-0.05, 0) is 54.6 Å². The number of halogens is 1. The van der Waals surface area contributed by atoms with Gasteiger partial charge in [-0.15, -0.1) is 0 Å². The van der Waals surface area contributed by atoms with Crippen LogP contribution in [0.4, 0.5) is 4.39 Å².